The number of benzene rings is 1. The van der Waals surface area contributed by atoms with E-state index in [1.165, 1.54) is 12.3 Å². The molecule has 0 aliphatic heterocycles. The van der Waals surface area contributed by atoms with Gasteiger partial charge in [-0.3, -0.25) is 14.4 Å². The molecule has 0 amide bonds. The minimum absolute atomic E-state index is 0.00827. The molecule has 2 aromatic heterocycles. The number of nitrogens with zero attached hydrogens (tertiary/aromatic N) is 1. The van der Waals surface area contributed by atoms with Crippen molar-refractivity contribution in [2.45, 2.75) is 22.4 Å². The molecule has 0 bridgehead atoms. The number of rotatable bonds is 8. The Balaban J connectivity index is 2.12. The van der Waals surface area contributed by atoms with Crippen LogP contribution in [0, 0.1) is 0 Å². The topological polar surface area (TPSA) is 143 Å². The first-order chi connectivity index (χ1) is 15.0. The van der Waals surface area contributed by atoms with Crippen molar-refractivity contribution in [3.63, 3.8) is 0 Å². The van der Waals surface area contributed by atoms with E-state index in [-0.39, 0.29) is 37.7 Å². The summed E-state index contributed by atoms with van der Waals surface area (Å²) in [6.07, 6.45) is 1.33. The fraction of sp³-hybridized carbons (Fsp3) is 0.111. The van der Waals surface area contributed by atoms with Crippen molar-refractivity contribution >= 4 is 71.9 Å². The molecule has 3 rings (SSSR count). The Morgan fingerprint density at radius 3 is 2.16 bits per heavy atom. The third-order valence-electron chi connectivity index (χ3n) is 4.12. The molecule has 3 N–H and O–H groups in total. The van der Waals surface area contributed by atoms with Gasteiger partial charge in [0.25, 0.3) is 20.0 Å². The Labute approximate surface area is 198 Å². The zero-order chi connectivity index (χ0) is 23.7. The van der Waals surface area contributed by atoms with Crippen LogP contribution in [-0.4, -0.2) is 32.9 Å². The average molecular weight is 536 g/mol. The van der Waals surface area contributed by atoms with Gasteiger partial charge in [0.05, 0.1) is 32.7 Å². The molecular weight excluding hydrogens is 521 g/mol. The predicted molar refractivity (Wildman–Crippen MR) is 123 cm³/mol. The van der Waals surface area contributed by atoms with E-state index in [1.54, 1.807) is 18.4 Å². The molecule has 0 saturated carbocycles. The second kappa shape index (κ2) is 9.24. The zero-order valence-electron chi connectivity index (χ0n) is 16.2. The number of nitrogens with one attached hydrogen (secondary N) is 2. The molecule has 0 saturated heterocycles. The number of hydrogen-bond donors (Lipinski definition) is 3. The number of pyridine rings is 1. The molecular formula is C18H15Cl2N3O6S3. The van der Waals surface area contributed by atoms with Crippen molar-refractivity contribution < 1.29 is 26.7 Å². The molecule has 1 aromatic carbocycles. The third kappa shape index (κ3) is 4.99. The average Bonchev–Trinajstić information content (AvgIpc) is 3.26. The molecule has 170 valence electrons. The van der Waals surface area contributed by atoms with Crippen LogP contribution in [0.1, 0.15) is 23.0 Å². The summed E-state index contributed by atoms with van der Waals surface area (Å²) < 4.78 is 56.1. The van der Waals surface area contributed by atoms with E-state index < -0.39 is 36.5 Å². The lowest BCUT2D eigenvalue weighted by Crippen LogP contribution is -2.21. The Bertz CT molecular complexity index is 1390. The van der Waals surface area contributed by atoms with Crippen molar-refractivity contribution in [1.29, 1.82) is 0 Å². The molecule has 14 heteroatoms. The lowest BCUT2D eigenvalue weighted by molar-refractivity contribution is 0.0692. The number of carboxylic acid groups (broad SMARTS) is 1. The molecule has 3 aromatic rings. The number of aryl methyl sites for hydroxylation is 1. The van der Waals surface area contributed by atoms with Crippen molar-refractivity contribution in [3.05, 3.63) is 63.2 Å². The first-order valence-corrected chi connectivity index (χ1v) is 13.4. The lowest BCUT2D eigenvalue weighted by Gasteiger charge is -2.17. The van der Waals surface area contributed by atoms with Crippen molar-refractivity contribution in [3.8, 4) is 0 Å². The van der Waals surface area contributed by atoms with Gasteiger partial charge in [0.2, 0.25) is 0 Å². The summed E-state index contributed by atoms with van der Waals surface area (Å²) in [5.74, 6) is -1.46. The van der Waals surface area contributed by atoms with E-state index in [0.29, 0.717) is 0 Å². The van der Waals surface area contributed by atoms with E-state index in [0.717, 1.165) is 29.5 Å². The van der Waals surface area contributed by atoms with Crippen LogP contribution in [-0.2, 0) is 26.5 Å². The van der Waals surface area contributed by atoms with Crippen LogP contribution in [0.15, 0.2) is 51.0 Å². The van der Waals surface area contributed by atoms with Gasteiger partial charge in [0, 0.05) is 6.20 Å². The number of sulfonamides is 2. The maximum atomic E-state index is 13.2. The van der Waals surface area contributed by atoms with E-state index in [9.17, 15) is 26.7 Å². The highest BCUT2D eigenvalue weighted by Crippen LogP contribution is 2.36. The second-order valence-electron chi connectivity index (χ2n) is 6.25. The summed E-state index contributed by atoms with van der Waals surface area (Å²) in [5, 5.41) is 10.9. The van der Waals surface area contributed by atoms with Gasteiger partial charge in [-0.2, -0.15) is 0 Å². The third-order valence-corrected chi connectivity index (χ3v) is 9.09. The number of hydrogen-bond acceptors (Lipinski definition) is 7. The van der Waals surface area contributed by atoms with Gasteiger partial charge in [-0.25, -0.2) is 21.6 Å². The molecule has 0 aliphatic rings. The van der Waals surface area contributed by atoms with Crippen LogP contribution in [0.25, 0.3) is 0 Å². The Morgan fingerprint density at radius 2 is 1.66 bits per heavy atom. The van der Waals surface area contributed by atoms with Crippen LogP contribution in [0.2, 0.25) is 10.0 Å². The van der Waals surface area contributed by atoms with Crippen LogP contribution in [0.3, 0.4) is 0 Å². The number of halogens is 2. The zero-order valence-corrected chi connectivity index (χ0v) is 20.1. The van der Waals surface area contributed by atoms with E-state index in [2.05, 4.69) is 14.4 Å². The van der Waals surface area contributed by atoms with Gasteiger partial charge in [0.1, 0.15) is 9.10 Å². The summed E-state index contributed by atoms with van der Waals surface area (Å²) in [6.45, 7) is 1.62. The minimum atomic E-state index is -4.52. The fourth-order valence-electron chi connectivity index (χ4n) is 2.73. The number of carbonyl (C=O) groups is 1. The summed E-state index contributed by atoms with van der Waals surface area (Å²) in [5.41, 5.74) is -0.903. The van der Waals surface area contributed by atoms with Crippen LogP contribution >= 0.6 is 34.5 Å². The quantitative estimate of drug-likeness (QED) is 0.389. The maximum Gasteiger partial charge on any atom is 0.337 e. The van der Waals surface area contributed by atoms with E-state index in [1.807, 2.05) is 0 Å². The molecule has 0 spiro atoms. The number of carboxylic acids is 1. The summed E-state index contributed by atoms with van der Waals surface area (Å²) >= 11 is 13.0. The SMILES string of the molecule is CCc1nccc(C(=O)O)c1S(=O)(=O)Nc1cc(Cl)c(Cl)cc1NS(=O)(=O)c1cccs1. The highest BCUT2D eigenvalue weighted by atomic mass is 35.5. The number of aromatic carboxylic acids is 1. The number of thiophene rings is 1. The molecule has 0 aliphatic carbocycles. The second-order valence-corrected chi connectivity index (χ2v) is 11.5. The molecule has 0 fully saturated rings. The van der Waals surface area contributed by atoms with Gasteiger partial charge < -0.3 is 5.11 Å². The first-order valence-electron chi connectivity index (χ1n) is 8.75. The Hall–Kier alpha value is -2.38. The van der Waals surface area contributed by atoms with Gasteiger partial charge in [-0.1, -0.05) is 36.2 Å². The van der Waals surface area contributed by atoms with Crippen molar-refractivity contribution in [1.82, 2.24) is 4.98 Å². The largest absolute Gasteiger partial charge is 0.478 e. The minimum Gasteiger partial charge on any atom is -0.478 e. The molecule has 9 nitrogen and oxygen atoms in total. The molecule has 0 unspecified atom stereocenters. The van der Waals surface area contributed by atoms with Gasteiger partial charge in [-0.05, 0) is 36.1 Å². The van der Waals surface area contributed by atoms with E-state index >= 15 is 0 Å². The summed E-state index contributed by atoms with van der Waals surface area (Å²) in [4.78, 5) is 15.0. The molecule has 2 heterocycles. The highest BCUT2D eigenvalue weighted by Gasteiger charge is 2.28. The normalized spacial score (nSPS) is 11.8. The molecule has 0 atom stereocenters. The first kappa shape index (κ1) is 24.3. The fourth-order valence-corrected chi connectivity index (χ4v) is 6.64. The van der Waals surface area contributed by atoms with Gasteiger partial charge >= 0.3 is 5.97 Å². The lowest BCUT2D eigenvalue weighted by atomic mass is 10.2. The molecule has 32 heavy (non-hydrogen) atoms. The number of aromatic nitrogens is 1. The standard InChI is InChI=1S/C18H15Cl2N3O6S3/c1-2-13-17(10(18(24)25)5-6-21-13)32(28,29)23-15-9-12(20)11(19)8-14(15)22-31(26,27)16-4-3-7-30-16/h3-9,22-23H,2H2,1H3,(H,24,25). The molecule has 0 radical (unpaired) electrons. The maximum absolute atomic E-state index is 13.2. The Morgan fingerprint density at radius 1 is 1.06 bits per heavy atom. The van der Waals surface area contributed by atoms with Gasteiger partial charge in [0.15, 0.2) is 0 Å². The van der Waals surface area contributed by atoms with Crippen molar-refractivity contribution in [2.24, 2.45) is 0 Å². The number of anilines is 2. The smallest absolute Gasteiger partial charge is 0.337 e. The van der Waals surface area contributed by atoms with Crippen LogP contribution in [0.4, 0.5) is 11.4 Å². The highest BCUT2D eigenvalue weighted by molar-refractivity contribution is 7.94. The van der Waals surface area contributed by atoms with Crippen LogP contribution < -0.4 is 9.44 Å². The summed E-state index contributed by atoms with van der Waals surface area (Å²) in [7, 11) is -8.57. The van der Waals surface area contributed by atoms with Gasteiger partial charge in [-0.15, -0.1) is 11.3 Å². The summed E-state index contributed by atoms with van der Waals surface area (Å²) in [6, 6.07) is 6.24. The van der Waals surface area contributed by atoms with Crippen molar-refractivity contribution in [2.75, 3.05) is 9.44 Å². The van der Waals surface area contributed by atoms with Crippen LogP contribution in [0.5, 0.6) is 0 Å². The monoisotopic (exact) mass is 535 g/mol. The van der Waals surface area contributed by atoms with E-state index in [4.69, 9.17) is 23.2 Å². The Kier molecular flexibility index (Phi) is 7.00. The predicted octanol–water partition coefficient (Wildman–Crippen LogP) is 4.31.